The predicted octanol–water partition coefficient (Wildman–Crippen LogP) is 10.4. The summed E-state index contributed by atoms with van der Waals surface area (Å²) in [4.78, 5) is 36.2. The van der Waals surface area contributed by atoms with Gasteiger partial charge in [0, 0.05) is 19.3 Å². The molecule has 0 aliphatic carbocycles. The minimum absolute atomic E-state index is 0.0531. The van der Waals surface area contributed by atoms with E-state index in [9.17, 15) is 19.5 Å². The summed E-state index contributed by atoms with van der Waals surface area (Å²) in [5, 5.41) is 9.52. The fourth-order valence-electron chi connectivity index (χ4n) is 5.95. The summed E-state index contributed by atoms with van der Waals surface area (Å²) in [6, 6.07) is -0.607. The fraction of sp³-hybridized carbons (Fsp3) is 0.878. The SMILES string of the molecule is CCCCCCCCCC/C=C\CCCCCCCCCCCCCC(=O)OC(COCCC(C(=O)O)[N+](C)(C)C)COC(=O)CCCC. The van der Waals surface area contributed by atoms with Gasteiger partial charge in [0.25, 0.3) is 0 Å². The number of aliphatic carboxylic acids is 1. The van der Waals surface area contributed by atoms with Gasteiger partial charge in [-0.15, -0.1) is 0 Å². The number of carboxylic acids is 1. The van der Waals surface area contributed by atoms with E-state index in [0.29, 0.717) is 19.3 Å². The molecule has 8 nitrogen and oxygen atoms in total. The molecule has 0 aromatic heterocycles. The lowest BCUT2D eigenvalue weighted by atomic mass is 10.0. The molecule has 0 aromatic rings. The maximum atomic E-state index is 12.5. The van der Waals surface area contributed by atoms with Crippen molar-refractivity contribution in [2.75, 3.05) is 41.0 Å². The zero-order valence-corrected chi connectivity index (χ0v) is 32.7. The molecular weight excluding hydrogens is 618 g/mol. The van der Waals surface area contributed by atoms with Crippen molar-refractivity contribution in [3.63, 3.8) is 0 Å². The van der Waals surface area contributed by atoms with E-state index in [1.54, 1.807) is 0 Å². The minimum atomic E-state index is -0.877. The summed E-state index contributed by atoms with van der Waals surface area (Å²) in [6.07, 6.45) is 33.7. The van der Waals surface area contributed by atoms with Crippen LogP contribution in [0.5, 0.6) is 0 Å². The lowest BCUT2D eigenvalue weighted by molar-refractivity contribution is -0.887. The summed E-state index contributed by atoms with van der Waals surface area (Å²) in [6.45, 7) is 4.50. The number of unbranched alkanes of at least 4 members (excludes halogenated alkanes) is 20. The first-order valence-corrected chi connectivity index (χ1v) is 20.2. The van der Waals surface area contributed by atoms with Crippen LogP contribution in [0.15, 0.2) is 12.2 Å². The average molecular weight is 697 g/mol. The number of carbonyl (C=O) groups excluding carboxylic acids is 2. The first kappa shape index (κ1) is 47.1. The van der Waals surface area contributed by atoms with Crippen LogP contribution in [0.25, 0.3) is 0 Å². The number of esters is 2. The zero-order chi connectivity index (χ0) is 36.4. The van der Waals surface area contributed by atoms with Crippen LogP contribution in [0.3, 0.4) is 0 Å². The highest BCUT2D eigenvalue weighted by atomic mass is 16.6. The van der Waals surface area contributed by atoms with Gasteiger partial charge in [-0.25, -0.2) is 4.79 Å². The van der Waals surface area contributed by atoms with Crippen molar-refractivity contribution < 1.29 is 38.2 Å². The Morgan fingerprint density at radius 2 is 1.04 bits per heavy atom. The number of allylic oxidation sites excluding steroid dienone is 2. The van der Waals surface area contributed by atoms with E-state index < -0.39 is 18.1 Å². The number of likely N-dealkylation sites (N-methyl/N-ethyl adjacent to an activating group) is 1. The van der Waals surface area contributed by atoms with Gasteiger partial charge in [0.15, 0.2) is 12.1 Å². The number of ether oxygens (including phenoxy) is 3. The number of hydrogen-bond acceptors (Lipinski definition) is 6. The largest absolute Gasteiger partial charge is 0.477 e. The van der Waals surface area contributed by atoms with Crippen LogP contribution < -0.4 is 0 Å². The lowest BCUT2D eigenvalue weighted by Crippen LogP contribution is -2.50. The zero-order valence-electron chi connectivity index (χ0n) is 32.7. The van der Waals surface area contributed by atoms with Gasteiger partial charge in [0.1, 0.15) is 6.61 Å². The second-order valence-electron chi connectivity index (χ2n) is 14.9. The van der Waals surface area contributed by atoms with Gasteiger partial charge in [-0.1, -0.05) is 135 Å². The van der Waals surface area contributed by atoms with Gasteiger partial charge in [0.2, 0.25) is 0 Å². The Kier molecular flexibility index (Phi) is 31.9. The Morgan fingerprint density at radius 3 is 1.51 bits per heavy atom. The normalized spacial score (nSPS) is 13.1. The van der Waals surface area contributed by atoms with Gasteiger partial charge < -0.3 is 23.8 Å². The highest BCUT2D eigenvalue weighted by molar-refractivity contribution is 5.72. The molecule has 8 heteroatoms. The summed E-state index contributed by atoms with van der Waals surface area (Å²) in [7, 11) is 5.50. The smallest absolute Gasteiger partial charge is 0.362 e. The van der Waals surface area contributed by atoms with E-state index in [4.69, 9.17) is 14.2 Å². The Morgan fingerprint density at radius 1 is 0.592 bits per heavy atom. The van der Waals surface area contributed by atoms with E-state index in [2.05, 4.69) is 19.1 Å². The van der Waals surface area contributed by atoms with Crippen molar-refractivity contribution >= 4 is 17.9 Å². The Bertz CT molecular complexity index is 823. The third kappa shape index (κ3) is 31.8. The number of carbonyl (C=O) groups is 3. The second kappa shape index (κ2) is 33.2. The van der Waals surface area contributed by atoms with E-state index >= 15 is 0 Å². The number of quaternary nitrogens is 1. The standard InChI is InChI=1S/C41H77NO7/c1-6-8-10-11-12-13-14-15-16-17-18-19-20-21-22-23-24-25-26-27-28-29-30-32-40(44)49-37(36-48-39(43)31-9-7-2)35-47-34-33-38(41(45)46)42(3,4)5/h17-18,37-38H,6-16,19-36H2,1-5H3/p+1/b18-17-. The van der Waals surface area contributed by atoms with Crippen molar-refractivity contribution in [1.29, 1.82) is 0 Å². The van der Waals surface area contributed by atoms with Crippen LogP contribution in [0, 0.1) is 0 Å². The lowest BCUT2D eigenvalue weighted by Gasteiger charge is -2.31. The van der Waals surface area contributed by atoms with Gasteiger partial charge in [-0.3, -0.25) is 9.59 Å². The molecule has 0 amide bonds. The number of hydrogen-bond donors (Lipinski definition) is 1. The number of carboxylic acid groups (broad SMARTS) is 1. The fourth-order valence-corrected chi connectivity index (χ4v) is 5.95. The number of nitrogens with zero attached hydrogens (tertiary/aromatic N) is 1. The summed E-state index contributed by atoms with van der Waals surface area (Å²) >= 11 is 0. The monoisotopic (exact) mass is 697 g/mol. The molecule has 0 saturated carbocycles. The highest BCUT2D eigenvalue weighted by Gasteiger charge is 2.31. The van der Waals surface area contributed by atoms with Gasteiger partial charge in [-0.05, 0) is 38.5 Å². The van der Waals surface area contributed by atoms with E-state index in [1.165, 1.54) is 116 Å². The average Bonchev–Trinajstić information content (AvgIpc) is 3.05. The molecule has 0 aliphatic rings. The maximum Gasteiger partial charge on any atom is 0.362 e. The van der Waals surface area contributed by atoms with Crippen molar-refractivity contribution in [3.8, 4) is 0 Å². The summed E-state index contributed by atoms with van der Waals surface area (Å²) < 4.78 is 16.9. The topological polar surface area (TPSA) is 99.1 Å². The first-order chi connectivity index (χ1) is 23.6. The third-order valence-corrected chi connectivity index (χ3v) is 9.16. The molecule has 1 N–H and O–H groups in total. The Hall–Kier alpha value is -1.93. The van der Waals surface area contributed by atoms with Gasteiger partial charge >= 0.3 is 17.9 Å². The molecule has 0 aliphatic heterocycles. The van der Waals surface area contributed by atoms with Gasteiger partial charge in [0.05, 0.1) is 34.4 Å². The maximum absolute atomic E-state index is 12.5. The Balaban J connectivity index is 3.94. The molecule has 49 heavy (non-hydrogen) atoms. The van der Waals surface area contributed by atoms with Crippen molar-refractivity contribution in [2.45, 2.75) is 193 Å². The van der Waals surface area contributed by atoms with E-state index in [-0.39, 0.29) is 36.2 Å². The van der Waals surface area contributed by atoms with Crippen LogP contribution in [-0.2, 0) is 28.6 Å². The molecule has 0 rings (SSSR count). The van der Waals surface area contributed by atoms with E-state index in [0.717, 1.165) is 32.1 Å². The molecule has 2 unspecified atom stereocenters. The molecule has 288 valence electrons. The van der Waals surface area contributed by atoms with Gasteiger partial charge in [-0.2, -0.15) is 0 Å². The van der Waals surface area contributed by atoms with Crippen LogP contribution >= 0.6 is 0 Å². The van der Waals surface area contributed by atoms with Crippen LogP contribution in [0.2, 0.25) is 0 Å². The predicted molar refractivity (Wildman–Crippen MR) is 202 cm³/mol. The molecule has 0 spiro atoms. The summed E-state index contributed by atoms with van der Waals surface area (Å²) in [5.74, 6) is -1.50. The van der Waals surface area contributed by atoms with Crippen molar-refractivity contribution in [3.05, 3.63) is 12.2 Å². The first-order valence-electron chi connectivity index (χ1n) is 20.2. The molecule has 0 bridgehead atoms. The van der Waals surface area contributed by atoms with E-state index in [1.807, 2.05) is 28.1 Å². The molecule has 0 heterocycles. The third-order valence-electron chi connectivity index (χ3n) is 9.16. The molecular formula is C41H78NO7+. The second-order valence-corrected chi connectivity index (χ2v) is 14.9. The van der Waals surface area contributed by atoms with Crippen molar-refractivity contribution in [2.24, 2.45) is 0 Å². The molecule has 0 saturated heterocycles. The Labute approximate surface area is 301 Å². The minimum Gasteiger partial charge on any atom is -0.477 e. The molecule has 0 aromatic carbocycles. The molecule has 0 radical (unpaired) electrons. The molecule has 0 fully saturated rings. The number of rotatable bonds is 36. The van der Waals surface area contributed by atoms with Crippen LogP contribution in [0.1, 0.15) is 181 Å². The molecule has 2 atom stereocenters. The van der Waals surface area contributed by atoms with Crippen molar-refractivity contribution in [1.82, 2.24) is 0 Å². The van der Waals surface area contributed by atoms with Crippen LogP contribution in [0.4, 0.5) is 0 Å². The summed E-state index contributed by atoms with van der Waals surface area (Å²) in [5.41, 5.74) is 0. The van der Waals surface area contributed by atoms with Crippen LogP contribution in [-0.4, -0.2) is 80.6 Å². The quantitative estimate of drug-likeness (QED) is 0.0301. The highest BCUT2D eigenvalue weighted by Crippen LogP contribution is 2.15.